The minimum atomic E-state index is -0.732. The van der Waals surface area contributed by atoms with Gasteiger partial charge in [-0.15, -0.1) is 12.4 Å². The van der Waals surface area contributed by atoms with Gasteiger partial charge in [-0.1, -0.05) is 18.2 Å². The molecule has 6 heteroatoms. The van der Waals surface area contributed by atoms with Crippen LogP contribution in [-0.2, 0) is 4.79 Å². The smallest absolute Gasteiger partial charge is 0.254 e. The van der Waals surface area contributed by atoms with E-state index in [1.165, 1.54) is 0 Å². The molecule has 5 nitrogen and oxygen atoms in total. The van der Waals surface area contributed by atoms with Crippen LogP contribution in [0.15, 0.2) is 30.3 Å². The van der Waals surface area contributed by atoms with E-state index < -0.39 is 5.54 Å². The van der Waals surface area contributed by atoms with Crippen LogP contribution in [0.25, 0.3) is 0 Å². The molecule has 0 saturated carbocycles. The first-order valence-electron chi connectivity index (χ1n) is 8.39. The van der Waals surface area contributed by atoms with Crippen molar-refractivity contribution in [3.63, 3.8) is 0 Å². The molecule has 2 saturated heterocycles. The number of nitrogens with one attached hydrogen (secondary N) is 1. The van der Waals surface area contributed by atoms with Crippen LogP contribution in [0.5, 0.6) is 0 Å². The molecule has 132 valence electrons. The van der Waals surface area contributed by atoms with E-state index in [9.17, 15) is 9.59 Å². The average molecular weight is 352 g/mol. The highest BCUT2D eigenvalue weighted by Gasteiger charge is 2.48. The second kappa shape index (κ2) is 7.53. The quantitative estimate of drug-likeness (QED) is 0.905. The Morgan fingerprint density at radius 3 is 2.62 bits per heavy atom. The number of halogens is 1. The molecule has 2 amide bonds. The van der Waals surface area contributed by atoms with Crippen LogP contribution < -0.4 is 5.32 Å². The summed E-state index contributed by atoms with van der Waals surface area (Å²) >= 11 is 0. The lowest BCUT2D eigenvalue weighted by Gasteiger charge is -2.38. The minimum Gasteiger partial charge on any atom is -0.339 e. The van der Waals surface area contributed by atoms with Crippen molar-refractivity contribution in [2.45, 2.75) is 37.8 Å². The van der Waals surface area contributed by atoms with Gasteiger partial charge in [-0.05, 0) is 44.9 Å². The molecule has 0 spiro atoms. The van der Waals surface area contributed by atoms with Gasteiger partial charge < -0.3 is 15.1 Å². The monoisotopic (exact) mass is 351 g/mol. The first-order valence-corrected chi connectivity index (χ1v) is 8.39. The van der Waals surface area contributed by atoms with E-state index in [-0.39, 0.29) is 30.3 Å². The number of carbonyl (C=O) groups is 2. The van der Waals surface area contributed by atoms with Gasteiger partial charge >= 0.3 is 0 Å². The van der Waals surface area contributed by atoms with E-state index in [1.807, 2.05) is 49.2 Å². The number of benzene rings is 1. The third-order valence-corrected chi connectivity index (χ3v) is 5.27. The number of nitrogens with zero attached hydrogens (tertiary/aromatic N) is 2. The molecule has 0 aromatic heterocycles. The van der Waals surface area contributed by atoms with Crippen LogP contribution in [0.2, 0.25) is 0 Å². The largest absolute Gasteiger partial charge is 0.339 e. The molecule has 1 aromatic carbocycles. The topological polar surface area (TPSA) is 52.7 Å². The Labute approximate surface area is 149 Å². The second-order valence-electron chi connectivity index (χ2n) is 6.76. The number of hydrogen-bond donors (Lipinski definition) is 1. The third-order valence-electron chi connectivity index (χ3n) is 5.27. The summed E-state index contributed by atoms with van der Waals surface area (Å²) in [5.41, 5.74) is -0.0804. The van der Waals surface area contributed by atoms with E-state index in [0.717, 1.165) is 32.4 Å². The van der Waals surface area contributed by atoms with Crippen molar-refractivity contribution in [3.8, 4) is 0 Å². The SMILES string of the molecule is CN(C(=O)C1(C)CCCN1C(=O)c1ccccc1)C1CCNC1.Cl. The Bertz CT molecular complexity index is 589. The summed E-state index contributed by atoms with van der Waals surface area (Å²) in [5, 5.41) is 3.30. The predicted octanol–water partition coefficient (Wildman–Crippen LogP) is 1.92. The van der Waals surface area contributed by atoms with Crippen molar-refractivity contribution in [1.29, 1.82) is 0 Å². The molecular formula is C18H26ClN3O2. The highest BCUT2D eigenvalue weighted by atomic mass is 35.5. The number of likely N-dealkylation sites (tertiary alicyclic amines) is 1. The highest BCUT2D eigenvalue weighted by Crippen LogP contribution is 2.33. The van der Waals surface area contributed by atoms with Crippen LogP contribution >= 0.6 is 12.4 Å². The van der Waals surface area contributed by atoms with Gasteiger partial charge in [0.25, 0.3) is 5.91 Å². The summed E-state index contributed by atoms with van der Waals surface area (Å²) in [6.07, 6.45) is 2.58. The van der Waals surface area contributed by atoms with Gasteiger partial charge in [0.15, 0.2) is 0 Å². The first-order chi connectivity index (χ1) is 11.0. The van der Waals surface area contributed by atoms with Crippen molar-refractivity contribution in [3.05, 3.63) is 35.9 Å². The summed E-state index contributed by atoms with van der Waals surface area (Å²) in [6.45, 7) is 4.35. The van der Waals surface area contributed by atoms with Crippen LogP contribution in [0.4, 0.5) is 0 Å². The standard InChI is InChI=1S/C18H25N3O2.ClH/c1-18(17(23)20(2)15-9-11-19-13-15)10-6-12-21(18)16(22)14-7-4-3-5-8-14;/h3-5,7-8,15,19H,6,9-13H2,1-2H3;1H. The Balaban J connectivity index is 0.00000208. The Morgan fingerprint density at radius 2 is 2.00 bits per heavy atom. The van der Waals surface area contributed by atoms with E-state index in [0.29, 0.717) is 12.1 Å². The summed E-state index contributed by atoms with van der Waals surface area (Å²) in [4.78, 5) is 29.6. The molecule has 3 rings (SSSR count). The van der Waals surface area contributed by atoms with Gasteiger partial charge in [-0.2, -0.15) is 0 Å². The molecule has 2 atom stereocenters. The van der Waals surface area contributed by atoms with Crippen molar-refractivity contribution in [2.24, 2.45) is 0 Å². The van der Waals surface area contributed by atoms with E-state index in [1.54, 1.807) is 4.90 Å². The second-order valence-corrected chi connectivity index (χ2v) is 6.76. The summed E-state index contributed by atoms with van der Waals surface area (Å²) in [7, 11) is 1.87. The zero-order chi connectivity index (χ0) is 16.4. The predicted molar refractivity (Wildman–Crippen MR) is 96.4 cm³/mol. The van der Waals surface area contributed by atoms with Gasteiger partial charge in [0.05, 0.1) is 0 Å². The zero-order valence-corrected chi connectivity index (χ0v) is 15.1. The molecule has 0 radical (unpaired) electrons. The van der Waals surface area contributed by atoms with Crippen molar-refractivity contribution >= 4 is 24.2 Å². The number of carbonyl (C=O) groups excluding carboxylic acids is 2. The fourth-order valence-corrected chi connectivity index (χ4v) is 3.76. The Kier molecular flexibility index (Phi) is 5.88. The lowest BCUT2D eigenvalue weighted by atomic mass is 9.95. The molecule has 24 heavy (non-hydrogen) atoms. The molecule has 2 aliphatic rings. The summed E-state index contributed by atoms with van der Waals surface area (Å²) in [5.74, 6) is 0.0184. The van der Waals surface area contributed by atoms with Gasteiger partial charge in [0.1, 0.15) is 5.54 Å². The van der Waals surface area contributed by atoms with Crippen molar-refractivity contribution < 1.29 is 9.59 Å². The van der Waals surface area contributed by atoms with Crippen LogP contribution in [-0.4, -0.2) is 59.9 Å². The maximum atomic E-state index is 13.1. The summed E-state index contributed by atoms with van der Waals surface area (Å²) in [6, 6.07) is 9.48. The maximum absolute atomic E-state index is 13.1. The highest BCUT2D eigenvalue weighted by molar-refractivity contribution is 5.99. The molecule has 1 aromatic rings. The van der Waals surface area contributed by atoms with E-state index in [2.05, 4.69) is 5.32 Å². The normalized spacial score (nSPS) is 26.1. The van der Waals surface area contributed by atoms with Crippen LogP contribution in [0, 0.1) is 0 Å². The summed E-state index contributed by atoms with van der Waals surface area (Å²) < 4.78 is 0. The number of rotatable bonds is 3. The van der Waals surface area contributed by atoms with Crippen molar-refractivity contribution in [1.82, 2.24) is 15.1 Å². The molecule has 0 aliphatic carbocycles. The molecule has 0 bridgehead atoms. The third kappa shape index (κ3) is 3.28. The van der Waals surface area contributed by atoms with Crippen LogP contribution in [0.1, 0.15) is 36.5 Å². The van der Waals surface area contributed by atoms with Gasteiger partial charge in [-0.3, -0.25) is 9.59 Å². The zero-order valence-electron chi connectivity index (χ0n) is 14.3. The first kappa shape index (κ1) is 18.7. The molecule has 2 fully saturated rings. The Morgan fingerprint density at radius 1 is 1.29 bits per heavy atom. The fourth-order valence-electron chi connectivity index (χ4n) is 3.76. The molecular weight excluding hydrogens is 326 g/mol. The number of amides is 2. The lowest BCUT2D eigenvalue weighted by Crippen LogP contribution is -2.57. The molecule has 1 N–H and O–H groups in total. The van der Waals surface area contributed by atoms with Gasteiger partial charge in [0.2, 0.25) is 5.91 Å². The lowest BCUT2D eigenvalue weighted by molar-refractivity contribution is -0.141. The van der Waals surface area contributed by atoms with E-state index >= 15 is 0 Å². The fraction of sp³-hybridized carbons (Fsp3) is 0.556. The molecule has 2 aliphatic heterocycles. The van der Waals surface area contributed by atoms with Crippen molar-refractivity contribution in [2.75, 3.05) is 26.7 Å². The average Bonchev–Trinajstić information content (AvgIpc) is 3.24. The Hall–Kier alpha value is -1.59. The van der Waals surface area contributed by atoms with Gasteiger partial charge in [0, 0.05) is 31.7 Å². The van der Waals surface area contributed by atoms with Gasteiger partial charge in [-0.25, -0.2) is 0 Å². The maximum Gasteiger partial charge on any atom is 0.254 e. The minimum absolute atomic E-state index is 0. The van der Waals surface area contributed by atoms with E-state index in [4.69, 9.17) is 0 Å². The number of hydrogen-bond acceptors (Lipinski definition) is 3. The van der Waals surface area contributed by atoms with Crippen LogP contribution in [0.3, 0.4) is 0 Å². The molecule has 2 heterocycles. The number of likely N-dealkylation sites (N-methyl/N-ethyl adjacent to an activating group) is 1. The molecule has 2 unspecified atom stereocenters.